The number of benzene rings is 3. The molecular weight excluding hydrogens is 555 g/mol. The fraction of sp³-hybridized carbons (Fsp3) is 0.233. The van der Waals surface area contributed by atoms with Gasteiger partial charge in [-0.3, -0.25) is 9.78 Å². The number of ether oxygens (including phenoxy) is 1. The molecule has 0 bridgehead atoms. The van der Waals surface area contributed by atoms with Gasteiger partial charge in [0.15, 0.2) is 24.0 Å². The molecule has 0 radical (unpaired) electrons. The highest BCUT2D eigenvalue weighted by Gasteiger charge is 2.19. The molecule has 5 rings (SSSR count). The Labute approximate surface area is 246 Å². The molecule has 13 heteroatoms. The summed E-state index contributed by atoms with van der Waals surface area (Å²) in [5.41, 5.74) is 9.21. The third-order valence-corrected chi connectivity index (χ3v) is 6.75. The van der Waals surface area contributed by atoms with Crippen LogP contribution in [0.3, 0.4) is 0 Å². The summed E-state index contributed by atoms with van der Waals surface area (Å²) in [4.78, 5) is 33.6. The molecule has 2 aromatic heterocycles. The molecule has 222 valence electrons. The van der Waals surface area contributed by atoms with Gasteiger partial charge in [-0.05, 0) is 48.4 Å². The maximum absolute atomic E-state index is 15.5. The first-order valence-electron chi connectivity index (χ1n) is 13.5. The van der Waals surface area contributed by atoms with Gasteiger partial charge in [0.05, 0.1) is 11.4 Å². The second-order valence-electron chi connectivity index (χ2n) is 10.00. The van der Waals surface area contributed by atoms with Crippen molar-refractivity contribution < 1.29 is 18.4 Å². The summed E-state index contributed by atoms with van der Waals surface area (Å²) in [6.45, 7) is 3.37. The zero-order valence-corrected chi connectivity index (χ0v) is 24.1. The molecule has 1 amide bonds. The number of rotatable bonds is 10. The van der Waals surface area contributed by atoms with E-state index in [1.165, 1.54) is 9.58 Å². The van der Waals surface area contributed by atoms with E-state index in [9.17, 15) is 9.59 Å². The average Bonchev–Trinajstić information content (AvgIpc) is 3.61. The molecule has 0 atom stereocenters. The van der Waals surface area contributed by atoms with Crippen molar-refractivity contribution in [3.8, 4) is 34.2 Å². The summed E-state index contributed by atoms with van der Waals surface area (Å²) >= 11 is 0. The van der Waals surface area contributed by atoms with E-state index in [0.717, 1.165) is 5.56 Å². The Kier molecular flexibility index (Phi) is 8.23. The predicted octanol–water partition coefficient (Wildman–Crippen LogP) is 3.95. The fourth-order valence-corrected chi connectivity index (χ4v) is 4.35. The number of aromatic nitrogens is 5. The van der Waals surface area contributed by atoms with E-state index >= 15 is 4.39 Å². The fourth-order valence-electron chi connectivity index (χ4n) is 4.35. The van der Waals surface area contributed by atoms with Gasteiger partial charge in [-0.2, -0.15) is 9.67 Å². The van der Waals surface area contributed by atoms with Crippen LogP contribution >= 0.6 is 0 Å². The van der Waals surface area contributed by atoms with E-state index in [2.05, 4.69) is 25.5 Å². The van der Waals surface area contributed by atoms with Gasteiger partial charge >= 0.3 is 5.69 Å². The van der Waals surface area contributed by atoms with Gasteiger partial charge < -0.3 is 25.2 Å². The first kappa shape index (κ1) is 29.0. The molecule has 5 aromatic rings. The van der Waals surface area contributed by atoms with Crippen LogP contribution in [0.25, 0.3) is 28.5 Å². The lowest BCUT2D eigenvalue weighted by Gasteiger charge is -2.16. The van der Waals surface area contributed by atoms with E-state index in [1.807, 2.05) is 6.92 Å². The average molecular weight is 587 g/mol. The Hall–Kier alpha value is -5.46. The van der Waals surface area contributed by atoms with E-state index in [0.29, 0.717) is 51.9 Å². The molecule has 0 saturated heterocycles. The van der Waals surface area contributed by atoms with Crippen LogP contribution in [0.2, 0.25) is 0 Å². The van der Waals surface area contributed by atoms with Crippen LogP contribution in [0.4, 0.5) is 15.8 Å². The van der Waals surface area contributed by atoms with Gasteiger partial charge in [-0.15, -0.1) is 5.10 Å². The van der Waals surface area contributed by atoms with E-state index in [1.54, 1.807) is 75.6 Å². The Morgan fingerprint density at radius 1 is 1.19 bits per heavy atom. The van der Waals surface area contributed by atoms with Crippen molar-refractivity contribution in [1.82, 2.24) is 29.8 Å². The van der Waals surface area contributed by atoms with Crippen LogP contribution in [-0.4, -0.2) is 56.4 Å². The standard InChI is InChI=1S/C30H31FN8O4/c1-5-18-12-20(27(31)25(13-18)42-16-26(40)38(3)4)15-33-23-11-10-19(28-34-17(2)43-37-28)14-24(23)39-30(41)35-29(36-39)21-8-6-7-9-22(21)32/h6-14,33H,5,15-16,32H2,1-4H3,(H,35,36,41). The smallest absolute Gasteiger partial charge is 0.348 e. The lowest BCUT2D eigenvalue weighted by Crippen LogP contribution is -2.27. The maximum atomic E-state index is 15.5. The van der Waals surface area contributed by atoms with Crippen LogP contribution in [0.15, 0.2) is 63.9 Å². The number of hydrogen-bond acceptors (Lipinski definition) is 9. The van der Waals surface area contributed by atoms with Crippen molar-refractivity contribution in [2.75, 3.05) is 31.8 Å². The molecule has 0 saturated carbocycles. The largest absolute Gasteiger partial charge is 0.481 e. The van der Waals surface area contributed by atoms with Gasteiger partial charge in [0.25, 0.3) is 5.91 Å². The van der Waals surface area contributed by atoms with E-state index < -0.39 is 11.5 Å². The number of hydrogen-bond donors (Lipinski definition) is 3. The number of halogens is 1. The van der Waals surface area contributed by atoms with Gasteiger partial charge in [-0.25, -0.2) is 9.18 Å². The first-order valence-corrected chi connectivity index (χ1v) is 13.5. The molecule has 0 aliphatic heterocycles. The number of carbonyl (C=O) groups is 1. The minimum atomic E-state index is -0.588. The molecular formula is C30H31FN8O4. The Morgan fingerprint density at radius 2 is 1.98 bits per heavy atom. The summed E-state index contributed by atoms with van der Waals surface area (Å²) in [7, 11) is 3.20. The van der Waals surface area contributed by atoms with Crippen molar-refractivity contribution in [1.29, 1.82) is 0 Å². The summed E-state index contributed by atoms with van der Waals surface area (Å²) < 4.78 is 27.4. The number of aryl methyl sites for hydroxylation is 2. The second-order valence-corrected chi connectivity index (χ2v) is 10.00. The number of amides is 1. The first-order chi connectivity index (χ1) is 20.6. The summed E-state index contributed by atoms with van der Waals surface area (Å²) in [5, 5.41) is 11.7. The Balaban J connectivity index is 1.52. The Morgan fingerprint density at radius 3 is 2.67 bits per heavy atom. The summed E-state index contributed by atoms with van der Waals surface area (Å²) in [5.74, 6) is 0.110. The summed E-state index contributed by atoms with van der Waals surface area (Å²) in [6, 6.07) is 15.5. The number of aromatic amines is 1. The SMILES string of the molecule is CCc1cc(CNc2ccc(-c3noc(C)n3)cc2-n2nc(-c3ccccc3N)[nH]c2=O)c(F)c(OCC(=O)N(C)C)c1. The third-order valence-electron chi connectivity index (χ3n) is 6.75. The molecule has 12 nitrogen and oxygen atoms in total. The van der Waals surface area contributed by atoms with Crippen molar-refractivity contribution in [2.45, 2.75) is 26.8 Å². The van der Waals surface area contributed by atoms with Crippen molar-refractivity contribution in [3.63, 3.8) is 0 Å². The van der Waals surface area contributed by atoms with Crippen molar-refractivity contribution in [2.24, 2.45) is 0 Å². The molecule has 0 aliphatic rings. The highest BCUT2D eigenvalue weighted by atomic mass is 19.1. The number of anilines is 2. The lowest BCUT2D eigenvalue weighted by molar-refractivity contribution is -0.130. The van der Waals surface area contributed by atoms with Crippen molar-refractivity contribution in [3.05, 3.63) is 87.9 Å². The lowest BCUT2D eigenvalue weighted by atomic mass is 10.1. The minimum absolute atomic E-state index is 0.0111. The third kappa shape index (κ3) is 6.25. The molecule has 0 spiro atoms. The van der Waals surface area contributed by atoms with Crippen LogP contribution in [-0.2, 0) is 17.8 Å². The number of nitrogens with zero attached hydrogens (tertiary/aromatic N) is 5. The molecule has 0 fully saturated rings. The highest BCUT2D eigenvalue weighted by molar-refractivity contribution is 5.77. The molecule has 3 aromatic carbocycles. The number of H-pyrrole nitrogens is 1. The number of nitrogens with one attached hydrogen (secondary N) is 2. The van der Waals surface area contributed by atoms with Gasteiger partial charge in [-0.1, -0.05) is 30.3 Å². The topological polar surface area (TPSA) is 157 Å². The minimum Gasteiger partial charge on any atom is -0.481 e. The van der Waals surface area contributed by atoms with Gasteiger partial charge in [0.2, 0.25) is 11.7 Å². The van der Waals surface area contributed by atoms with Crippen LogP contribution in [0.1, 0.15) is 23.9 Å². The normalized spacial score (nSPS) is 11.0. The second kappa shape index (κ2) is 12.2. The maximum Gasteiger partial charge on any atom is 0.348 e. The van der Waals surface area contributed by atoms with Crippen molar-refractivity contribution >= 4 is 17.3 Å². The zero-order valence-electron chi connectivity index (χ0n) is 24.1. The van der Waals surface area contributed by atoms with E-state index in [-0.39, 0.29) is 30.6 Å². The van der Waals surface area contributed by atoms with Crippen LogP contribution < -0.4 is 21.5 Å². The number of carbonyl (C=O) groups excluding carboxylic acids is 1. The molecule has 0 unspecified atom stereocenters. The molecule has 43 heavy (non-hydrogen) atoms. The van der Waals surface area contributed by atoms with Crippen LogP contribution in [0, 0.1) is 12.7 Å². The predicted molar refractivity (Wildman–Crippen MR) is 159 cm³/mol. The molecule has 0 aliphatic carbocycles. The van der Waals surface area contributed by atoms with Crippen LogP contribution in [0.5, 0.6) is 5.75 Å². The summed E-state index contributed by atoms with van der Waals surface area (Å²) in [6.07, 6.45) is 0.628. The number of likely N-dealkylation sites (N-methyl/N-ethyl adjacent to an activating group) is 1. The quantitative estimate of drug-likeness (QED) is 0.206. The number of nitrogens with two attached hydrogens (primary N) is 1. The monoisotopic (exact) mass is 586 g/mol. The number of nitrogen functional groups attached to an aromatic ring is 1. The Bertz CT molecular complexity index is 1840. The molecule has 2 heterocycles. The zero-order chi connectivity index (χ0) is 30.7. The van der Waals surface area contributed by atoms with Gasteiger partial charge in [0.1, 0.15) is 0 Å². The van der Waals surface area contributed by atoms with E-state index in [4.69, 9.17) is 15.0 Å². The van der Waals surface area contributed by atoms with Gasteiger partial charge in [0, 0.05) is 49.9 Å². The number of para-hydroxylation sites is 1. The highest BCUT2D eigenvalue weighted by Crippen LogP contribution is 2.29. The molecule has 4 N–H and O–H groups in total.